The Hall–Kier alpha value is -10.7. The summed E-state index contributed by atoms with van der Waals surface area (Å²) in [6.07, 6.45) is -27.9. The van der Waals surface area contributed by atoms with Crippen LogP contribution in [-0.2, 0) is 14.2 Å². The third-order valence-corrected chi connectivity index (χ3v) is 18.9. The Morgan fingerprint density at radius 2 is 0.538 bits per heavy atom. The zero-order valence-corrected chi connectivity index (χ0v) is 55.1. The zero-order chi connectivity index (χ0) is 78.3. The number of phenolic OH excluding ortho intramolecular Hbond substituents is 6. The molecule has 3 aliphatic heterocycles. The maximum absolute atomic E-state index is 13.4. The summed E-state index contributed by atoms with van der Waals surface area (Å²) >= 11 is 0. The van der Waals surface area contributed by atoms with E-state index in [9.17, 15) is 181 Å². The van der Waals surface area contributed by atoms with E-state index in [1.807, 2.05) is 0 Å². The number of aliphatic hydroxyl groups is 12. The van der Waals surface area contributed by atoms with Gasteiger partial charge in [-0.05, 0) is 55.7 Å². The fourth-order valence-electron chi connectivity index (χ4n) is 13.7. The summed E-state index contributed by atoms with van der Waals surface area (Å²) in [5.41, 5.74) is -14.7. The van der Waals surface area contributed by atoms with E-state index in [-0.39, 0.29) is 34.1 Å². The van der Waals surface area contributed by atoms with Crippen molar-refractivity contribution in [3.63, 3.8) is 0 Å². The van der Waals surface area contributed by atoms with Gasteiger partial charge in [-0.3, -0.25) is 28.8 Å². The molecule has 6 aromatic rings. The maximum Gasteiger partial charge on any atom is 3.00 e. The number of carbonyl (C=O) groups is 9. The van der Waals surface area contributed by atoms with Crippen LogP contribution in [0.3, 0.4) is 0 Å². The molecule has 3 aliphatic carbocycles. The summed E-state index contributed by atoms with van der Waals surface area (Å²) in [6.45, 7) is 0.751. The van der Waals surface area contributed by atoms with Gasteiger partial charge in [0, 0.05) is 66.8 Å². The molecule has 39 nitrogen and oxygen atoms in total. The van der Waals surface area contributed by atoms with Gasteiger partial charge >= 0.3 is 35.3 Å². The number of phenols is 9. The summed E-state index contributed by atoms with van der Waals surface area (Å²) < 4.78 is 15.8. The SMILES string of the molecule is Cc1c(C(=O)O)c(O)cc2c1C(=O)c1c([O-])c([C@@H]3O[C@H](CO)[C@@H](O)[C@H](O)[C@H]3O)c(O)c(O)c1C2=O.Cc1c(C(=O)O)c(O)cc2c1C(=O)c1c([O-])c([C@@H]3O[C@H](CO)[C@@H](O)[C@H](O)[C@H]3O)c(O)c(O)c1C2=O.Cc1c(C(=O)O)c(O)cc2c1C(=O)c1c([O-])c([C@@H]3O[C@H](CO)[C@@H](O)[C@H](O)[C@H]3O)c(O)c(O)c1C2=O.[Al+3]. The van der Waals surface area contributed by atoms with Crippen LogP contribution >= 0.6 is 0 Å². The van der Waals surface area contributed by atoms with Crippen LogP contribution < -0.4 is 15.3 Å². The third-order valence-electron chi connectivity index (χ3n) is 18.9. The topological polar surface area (TPSA) is 736 Å². The van der Waals surface area contributed by atoms with Crippen molar-refractivity contribution < 1.29 is 195 Å². The molecule has 6 aliphatic rings. The van der Waals surface area contributed by atoms with Crippen molar-refractivity contribution in [2.45, 2.75) is 112 Å². The number of ether oxygens (including phenoxy) is 3. The molecule has 24 N–H and O–H groups in total. The van der Waals surface area contributed by atoms with E-state index in [2.05, 4.69) is 0 Å². The normalized spacial score (nSPS) is 25.6. The van der Waals surface area contributed by atoms with Gasteiger partial charge in [-0.25, -0.2) is 14.4 Å². The van der Waals surface area contributed by atoms with Gasteiger partial charge in [-0.15, -0.1) is 0 Å². The van der Waals surface area contributed by atoms with Crippen LogP contribution in [0, 0.1) is 20.8 Å². The Bertz CT molecular complexity index is 4370. The molecular weight excluding hydrogens is 1440 g/mol. The minimum atomic E-state index is -2.07. The Morgan fingerprint density at radius 3 is 0.726 bits per heavy atom. The van der Waals surface area contributed by atoms with Crippen molar-refractivity contribution in [2.24, 2.45) is 0 Å². The van der Waals surface area contributed by atoms with Crippen molar-refractivity contribution in [3.8, 4) is 69.0 Å². The molecule has 0 amide bonds. The van der Waals surface area contributed by atoms with E-state index in [1.54, 1.807) is 0 Å². The summed E-state index contributed by atoms with van der Waals surface area (Å²) in [4.78, 5) is 114. The number of aromatic hydroxyl groups is 9. The number of carbonyl (C=O) groups excluding carboxylic acids is 6. The molecule has 3 saturated heterocycles. The molecular formula is C66H57AlO39. The molecule has 0 radical (unpaired) electrons. The minimum Gasteiger partial charge on any atom is -0.872 e. The standard InChI is InChI=1S/3C22H20O13.Al/c3*1-4-8-5(2-6(24)9(4)22(33)34)13(25)10-11(15(8)27)16(28)12(18(30)17(10)29)21-20(32)19(31)14(26)7(3-23)35-21;/h3*2,7,14,19-21,23-24,26,28-32H,3H2,1H3,(H,33,34);/q;;;+3/p-3/t3*7-,14-,19+,20-,21+;/m111./s1. The monoisotopic (exact) mass is 1500 g/mol. The van der Waals surface area contributed by atoms with Crippen molar-refractivity contribution in [3.05, 3.63) is 135 Å². The molecule has 106 heavy (non-hydrogen) atoms. The number of hydrogen-bond donors (Lipinski definition) is 24. The van der Waals surface area contributed by atoms with Gasteiger partial charge in [0.05, 0.1) is 36.5 Å². The van der Waals surface area contributed by atoms with E-state index in [0.29, 0.717) is 18.2 Å². The second kappa shape index (κ2) is 28.6. The molecule has 15 atom stereocenters. The molecule has 0 bridgehead atoms. The van der Waals surface area contributed by atoms with E-state index < -0.39 is 333 Å². The van der Waals surface area contributed by atoms with Gasteiger partial charge in [0.2, 0.25) is 0 Å². The van der Waals surface area contributed by atoms with Gasteiger partial charge in [0.1, 0.15) is 125 Å². The zero-order valence-electron chi connectivity index (χ0n) is 53.9. The molecule has 0 spiro atoms. The first-order chi connectivity index (χ1) is 49.0. The van der Waals surface area contributed by atoms with Crippen LogP contribution in [0.15, 0.2) is 18.2 Å². The Kier molecular flexibility index (Phi) is 21.4. The number of carboxylic acid groups (broad SMARTS) is 3. The molecule has 6 aromatic carbocycles. The molecule has 558 valence electrons. The number of ketones is 6. The van der Waals surface area contributed by atoms with Crippen molar-refractivity contribution in [1.29, 1.82) is 0 Å². The van der Waals surface area contributed by atoms with Crippen LogP contribution in [0.1, 0.15) is 178 Å². The van der Waals surface area contributed by atoms with Gasteiger partial charge in [0.15, 0.2) is 69.2 Å². The number of hydrogen-bond acceptors (Lipinski definition) is 36. The Labute approximate surface area is 599 Å². The average Bonchev–Trinajstić information content (AvgIpc) is 0.724. The van der Waals surface area contributed by atoms with Gasteiger partial charge < -0.3 is 152 Å². The molecule has 0 aromatic heterocycles. The Morgan fingerprint density at radius 1 is 0.330 bits per heavy atom. The number of benzene rings is 6. The quantitative estimate of drug-likeness (QED) is 0.0473. The largest absolute Gasteiger partial charge is 3.00 e. The first-order valence-electron chi connectivity index (χ1n) is 30.4. The molecule has 12 rings (SSSR count). The van der Waals surface area contributed by atoms with Gasteiger partial charge in [0.25, 0.3) is 0 Å². The van der Waals surface area contributed by atoms with E-state index in [4.69, 9.17) is 14.2 Å². The first-order valence-corrected chi connectivity index (χ1v) is 30.4. The molecule has 0 saturated carbocycles. The smallest absolute Gasteiger partial charge is 0.872 e. The van der Waals surface area contributed by atoms with Crippen LogP contribution in [-0.4, -0.2) is 286 Å². The van der Waals surface area contributed by atoms with Crippen molar-refractivity contribution >= 4 is 70.0 Å². The molecule has 3 heterocycles. The molecule has 40 heteroatoms. The summed E-state index contributed by atoms with van der Waals surface area (Å²) in [5.74, 6) is -26.2. The van der Waals surface area contributed by atoms with E-state index in [1.165, 1.54) is 0 Å². The maximum atomic E-state index is 13.4. The van der Waals surface area contributed by atoms with Crippen LogP contribution in [0.2, 0.25) is 0 Å². The number of aliphatic hydroxyl groups excluding tert-OH is 12. The number of aromatic carboxylic acids is 3. The summed E-state index contributed by atoms with van der Waals surface area (Å²) in [6, 6.07) is 2.09. The molecule has 0 unspecified atom stereocenters. The second-order valence-electron chi connectivity index (χ2n) is 24.7. The fraction of sp³-hybridized carbons (Fsp3) is 0.318. The predicted molar refractivity (Wildman–Crippen MR) is 332 cm³/mol. The summed E-state index contributed by atoms with van der Waals surface area (Å²) in [5, 5.41) is 281. The van der Waals surface area contributed by atoms with Crippen LogP contribution in [0.25, 0.3) is 0 Å². The molecule has 3 fully saturated rings. The predicted octanol–water partition coefficient (Wildman–Crippen LogP) is -5.86. The first kappa shape index (κ1) is 79.4. The second-order valence-corrected chi connectivity index (χ2v) is 24.7. The fourth-order valence-corrected chi connectivity index (χ4v) is 13.7. The van der Waals surface area contributed by atoms with Crippen LogP contribution in [0.5, 0.6) is 69.0 Å². The van der Waals surface area contributed by atoms with Crippen molar-refractivity contribution in [2.75, 3.05) is 19.8 Å². The van der Waals surface area contributed by atoms with Crippen molar-refractivity contribution in [1.82, 2.24) is 0 Å². The van der Waals surface area contributed by atoms with Gasteiger partial charge in [-0.1, -0.05) is 17.2 Å². The minimum absolute atomic E-state index is 0. The van der Waals surface area contributed by atoms with Crippen LogP contribution in [0.4, 0.5) is 0 Å². The van der Waals surface area contributed by atoms with Gasteiger partial charge in [-0.2, -0.15) is 0 Å². The number of carboxylic acids is 3. The number of fused-ring (bicyclic) bond motifs is 6. The average molecular weight is 1500 g/mol. The Balaban J connectivity index is 0.000000183. The van der Waals surface area contributed by atoms with E-state index in [0.717, 1.165) is 20.8 Å². The summed E-state index contributed by atoms with van der Waals surface area (Å²) in [7, 11) is 0. The number of rotatable bonds is 9. The van der Waals surface area contributed by atoms with E-state index >= 15 is 0 Å². The third kappa shape index (κ3) is 11.8.